The Labute approximate surface area is 148 Å². The molecule has 0 radical (unpaired) electrons. The number of hydrogen-bond acceptors (Lipinski definition) is 4. The van der Waals surface area contributed by atoms with E-state index in [9.17, 15) is 14.7 Å². The van der Waals surface area contributed by atoms with Gasteiger partial charge in [0, 0.05) is 32.3 Å². The molecular weight excluding hydrogens is 318 g/mol. The van der Waals surface area contributed by atoms with Gasteiger partial charge in [0.1, 0.15) is 0 Å². The van der Waals surface area contributed by atoms with Crippen molar-refractivity contribution in [1.29, 1.82) is 0 Å². The van der Waals surface area contributed by atoms with E-state index in [2.05, 4.69) is 5.32 Å². The number of rotatable bonds is 4. The Morgan fingerprint density at radius 3 is 2.80 bits per heavy atom. The number of aliphatic hydroxyl groups excluding tert-OH is 1. The molecule has 1 aromatic carbocycles. The van der Waals surface area contributed by atoms with E-state index < -0.39 is 6.10 Å². The monoisotopic (exact) mass is 343 g/mol. The lowest BCUT2D eigenvalue weighted by Gasteiger charge is -2.35. The Morgan fingerprint density at radius 2 is 2.08 bits per heavy atom. The molecule has 2 amide bonds. The highest BCUT2D eigenvalue weighted by Gasteiger charge is 2.42. The highest BCUT2D eigenvalue weighted by molar-refractivity contribution is 5.91. The molecule has 6 heteroatoms. The summed E-state index contributed by atoms with van der Waals surface area (Å²) in [6.45, 7) is 1.67. The number of carbonyl (C=O) groups is 2. The van der Waals surface area contributed by atoms with Crippen molar-refractivity contribution in [2.45, 2.75) is 31.0 Å². The van der Waals surface area contributed by atoms with E-state index in [1.165, 1.54) is 0 Å². The fourth-order valence-corrected chi connectivity index (χ4v) is 3.71. The zero-order valence-electron chi connectivity index (χ0n) is 14.5. The van der Waals surface area contributed by atoms with Crippen LogP contribution in [0.5, 0.6) is 0 Å². The van der Waals surface area contributed by atoms with Crippen molar-refractivity contribution in [1.82, 2.24) is 15.1 Å². The summed E-state index contributed by atoms with van der Waals surface area (Å²) in [5.74, 6) is -0.123. The molecule has 3 atom stereocenters. The maximum Gasteiger partial charge on any atom is 0.246 e. The fraction of sp³-hybridized carbons (Fsp3) is 0.474. The first kappa shape index (κ1) is 17.6. The summed E-state index contributed by atoms with van der Waals surface area (Å²) in [6.07, 6.45) is 4.23. The van der Waals surface area contributed by atoms with Gasteiger partial charge < -0.3 is 15.3 Å². The van der Waals surface area contributed by atoms with Crippen LogP contribution in [0.1, 0.15) is 18.4 Å². The normalized spacial score (nSPS) is 27.4. The number of benzene rings is 1. The van der Waals surface area contributed by atoms with Crippen molar-refractivity contribution in [2.75, 3.05) is 26.7 Å². The van der Waals surface area contributed by atoms with Gasteiger partial charge in [0.15, 0.2) is 0 Å². The second-order valence-electron chi connectivity index (χ2n) is 6.72. The summed E-state index contributed by atoms with van der Waals surface area (Å²) in [7, 11) is 1.73. The van der Waals surface area contributed by atoms with E-state index in [1.807, 2.05) is 35.2 Å². The van der Waals surface area contributed by atoms with E-state index in [1.54, 1.807) is 24.1 Å². The predicted molar refractivity (Wildman–Crippen MR) is 95.6 cm³/mol. The minimum Gasteiger partial charge on any atom is -0.389 e. The molecule has 0 bridgehead atoms. The summed E-state index contributed by atoms with van der Waals surface area (Å²) < 4.78 is 0. The minimum atomic E-state index is -0.634. The molecular formula is C19H25N3O3. The zero-order chi connectivity index (χ0) is 17.8. The summed E-state index contributed by atoms with van der Waals surface area (Å²) in [6, 6.07) is 9.37. The highest BCUT2D eigenvalue weighted by atomic mass is 16.3. The first-order chi connectivity index (χ1) is 12.1. The van der Waals surface area contributed by atoms with E-state index in [0.717, 1.165) is 24.9 Å². The molecule has 1 aliphatic carbocycles. The number of amides is 2. The van der Waals surface area contributed by atoms with Gasteiger partial charge >= 0.3 is 0 Å². The van der Waals surface area contributed by atoms with Gasteiger partial charge in [0.25, 0.3) is 0 Å². The molecule has 1 saturated heterocycles. The third-order valence-electron chi connectivity index (χ3n) is 5.15. The first-order valence-electron chi connectivity index (χ1n) is 8.75. The molecule has 134 valence electrons. The van der Waals surface area contributed by atoms with Crippen molar-refractivity contribution in [3.63, 3.8) is 0 Å². The van der Waals surface area contributed by atoms with E-state index >= 15 is 0 Å². The van der Waals surface area contributed by atoms with Gasteiger partial charge in [-0.25, -0.2) is 0 Å². The van der Waals surface area contributed by atoms with E-state index in [-0.39, 0.29) is 23.9 Å². The van der Waals surface area contributed by atoms with Gasteiger partial charge in [-0.3, -0.25) is 14.5 Å². The second-order valence-corrected chi connectivity index (χ2v) is 6.72. The summed E-state index contributed by atoms with van der Waals surface area (Å²) >= 11 is 0. The number of nitrogens with one attached hydrogen (secondary N) is 1. The van der Waals surface area contributed by atoms with Crippen molar-refractivity contribution in [3.05, 3.63) is 42.0 Å². The lowest BCUT2D eigenvalue weighted by atomic mass is 10.1. The number of aliphatic hydroxyl groups is 1. The average molecular weight is 343 g/mol. The number of carbonyl (C=O) groups excluding carboxylic acids is 2. The molecule has 0 spiro atoms. The maximum atomic E-state index is 12.4. The molecule has 2 aliphatic rings. The van der Waals surface area contributed by atoms with Crippen molar-refractivity contribution in [2.24, 2.45) is 0 Å². The Bertz CT molecular complexity index is 647. The largest absolute Gasteiger partial charge is 0.389 e. The van der Waals surface area contributed by atoms with Crippen LogP contribution >= 0.6 is 0 Å². The molecule has 1 aromatic rings. The molecule has 1 aliphatic heterocycles. The summed E-state index contributed by atoms with van der Waals surface area (Å²) in [5, 5.41) is 13.5. The topological polar surface area (TPSA) is 72.9 Å². The molecule has 2 fully saturated rings. The Morgan fingerprint density at radius 1 is 1.32 bits per heavy atom. The van der Waals surface area contributed by atoms with Gasteiger partial charge in [-0.1, -0.05) is 30.3 Å². The standard InChI is InChI=1S/C19H25N3O3/c1-21(18(24)10-7-14-5-3-2-4-6-14)15-8-9-16(19(15)25)22-12-11-20-17(23)13-22/h2-7,10,15-16,19,25H,8-9,11-13H2,1H3,(H,20,23)/b10-7+/t15-,16-,19-/m1/s1. The summed E-state index contributed by atoms with van der Waals surface area (Å²) in [4.78, 5) is 27.7. The molecule has 0 unspecified atom stereocenters. The Balaban J connectivity index is 1.60. The van der Waals surface area contributed by atoms with Crippen LogP contribution in [0.3, 0.4) is 0 Å². The van der Waals surface area contributed by atoms with Gasteiger partial charge in [-0.05, 0) is 24.5 Å². The van der Waals surface area contributed by atoms with Crippen LogP contribution in [0.15, 0.2) is 36.4 Å². The van der Waals surface area contributed by atoms with E-state index in [0.29, 0.717) is 13.1 Å². The van der Waals surface area contributed by atoms with Gasteiger partial charge in [0.2, 0.25) is 11.8 Å². The zero-order valence-corrected chi connectivity index (χ0v) is 14.5. The van der Waals surface area contributed by atoms with Gasteiger partial charge in [0.05, 0.1) is 18.7 Å². The van der Waals surface area contributed by atoms with Crippen LogP contribution in [-0.2, 0) is 9.59 Å². The quantitative estimate of drug-likeness (QED) is 0.780. The SMILES string of the molecule is CN(C(=O)/C=C/c1ccccc1)[C@@H]1CC[C@@H](N2CCNC(=O)C2)[C@@H]1O. The number of hydrogen-bond donors (Lipinski definition) is 2. The lowest BCUT2D eigenvalue weighted by Crippen LogP contribution is -2.55. The number of piperazine rings is 1. The van der Waals surface area contributed by atoms with Crippen LogP contribution in [0.2, 0.25) is 0 Å². The van der Waals surface area contributed by atoms with Crippen molar-refractivity contribution < 1.29 is 14.7 Å². The van der Waals surface area contributed by atoms with Crippen molar-refractivity contribution in [3.8, 4) is 0 Å². The van der Waals surface area contributed by atoms with Gasteiger partial charge in [-0.2, -0.15) is 0 Å². The molecule has 6 nitrogen and oxygen atoms in total. The van der Waals surface area contributed by atoms with Crippen LogP contribution in [0, 0.1) is 0 Å². The Hall–Kier alpha value is -2.18. The summed E-state index contributed by atoms with van der Waals surface area (Å²) in [5.41, 5.74) is 0.966. The molecule has 2 N–H and O–H groups in total. The fourth-order valence-electron chi connectivity index (χ4n) is 3.71. The van der Waals surface area contributed by atoms with Crippen LogP contribution < -0.4 is 5.32 Å². The number of nitrogens with zero attached hydrogens (tertiary/aromatic N) is 2. The molecule has 1 heterocycles. The minimum absolute atomic E-state index is 0.00266. The number of likely N-dealkylation sites (N-methyl/N-ethyl adjacent to an activating group) is 1. The molecule has 1 saturated carbocycles. The Kier molecular flexibility index (Phi) is 5.50. The van der Waals surface area contributed by atoms with E-state index in [4.69, 9.17) is 0 Å². The predicted octanol–water partition coefficient (Wildman–Crippen LogP) is 0.482. The molecule has 25 heavy (non-hydrogen) atoms. The highest BCUT2D eigenvalue weighted by Crippen LogP contribution is 2.28. The lowest BCUT2D eigenvalue weighted by molar-refractivity contribution is -0.130. The first-order valence-corrected chi connectivity index (χ1v) is 8.75. The van der Waals surface area contributed by atoms with Crippen LogP contribution in [-0.4, -0.2) is 71.6 Å². The second kappa shape index (κ2) is 7.80. The van der Waals surface area contributed by atoms with Gasteiger partial charge in [-0.15, -0.1) is 0 Å². The third kappa shape index (κ3) is 4.08. The maximum absolute atomic E-state index is 12.4. The van der Waals surface area contributed by atoms with Crippen LogP contribution in [0.4, 0.5) is 0 Å². The molecule has 3 rings (SSSR count). The third-order valence-corrected chi connectivity index (χ3v) is 5.15. The smallest absolute Gasteiger partial charge is 0.246 e. The molecule has 0 aromatic heterocycles. The van der Waals surface area contributed by atoms with Crippen LogP contribution in [0.25, 0.3) is 6.08 Å². The average Bonchev–Trinajstić information content (AvgIpc) is 3.01. The van der Waals surface area contributed by atoms with Crippen molar-refractivity contribution >= 4 is 17.9 Å².